The number of hydrogen-bond donors (Lipinski definition) is 0. The number of allylic oxidation sites excluding steroid dienone is 1. The van der Waals surface area contributed by atoms with Crippen molar-refractivity contribution in [2.24, 2.45) is 0 Å². The van der Waals surface area contributed by atoms with Gasteiger partial charge in [-0.3, -0.25) is 14.5 Å². The third-order valence-corrected chi connectivity index (χ3v) is 2.04. The van der Waals surface area contributed by atoms with Gasteiger partial charge >= 0.3 is 0 Å². The lowest BCUT2D eigenvalue weighted by Crippen LogP contribution is -2.35. The van der Waals surface area contributed by atoms with Crippen molar-refractivity contribution in [1.82, 2.24) is 4.90 Å². The second-order valence-electron chi connectivity index (χ2n) is 3.31. The lowest BCUT2D eigenvalue weighted by molar-refractivity contribution is -0.139. The second kappa shape index (κ2) is 4.79. The molecule has 78 valence electrons. The summed E-state index contributed by atoms with van der Waals surface area (Å²) in [5.74, 6) is -0.183. The maximum atomic E-state index is 11.2. The SMILES string of the molecule is CC=COC(C)CN1C(=O)CCC1=O. The highest BCUT2D eigenvalue weighted by Gasteiger charge is 2.29. The fourth-order valence-electron chi connectivity index (χ4n) is 1.34. The Balaban J connectivity index is 2.42. The van der Waals surface area contributed by atoms with Crippen molar-refractivity contribution in [3.05, 3.63) is 12.3 Å². The van der Waals surface area contributed by atoms with Gasteiger partial charge in [-0.1, -0.05) is 6.08 Å². The molecule has 1 atom stereocenters. The van der Waals surface area contributed by atoms with Gasteiger partial charge in [-0.25, -0.2) is 0 Å². The molecule has 0 spiro atoms. The summed E-state index contributed by atoms with van der Waals surface area (Å²) in [6.07, 6.45) is 3.88. The Morgan fingerprint density at radius 2 is 2.00 bits per heavy atom. The van der Waals surface area contributed by atoms with Crippen molar-refractivity contribution in [3.8, 4) is 0 Å². The van der Waals surface area contributed by atoms with E-state index in [1.165, 1.54) is 4.90 Å². The van der Waals surface area contributed by atoms with Gasteiger partial charge in [-0.2, -0.15) is 0 Å². The van der Waals surface area contributed by atoms with Gasteiger partial charge in [0.25, 0.3) is 0 Å². The van der Waals surface area contributed by atoms with Crippen LogP contribution in [-0.4, -0.2) is 29.4 Å². The van der Waals surface area contributed by atoms with Gasteiger partial charge in [0.2, 0.25) is 11.8 Å². The van der Waals surface area contributed by atoms with E-state index in [0.29, 0.717) is 19.4 Å². The predicted molar refractivity (Wildman–Crippen MR) is 51.3 cm³/mol. The highest BCUT2D eigenvalue weighted by Crippen LogP contribution is 2.12. The van der Waals surface area contributed by atoms with Crippen LogP contribution in [0.4, 0.5) is 0 Å². The molecule has 0 aliphatic carbocycles. The van der Waals surface area contributed by atoms with Gasteiger partial charge in [0, 0.05) is 12.8 Å². The molecule has 0 bridgehead atoms. The van der Waals surface area contributed by atoms with E-state index in [0.717, 1.165) is 0 Å². The Hall–Kier alpha value is -1.32. The molecule has 0 radical (unpaired) electrons. The maximum Gasteiger partial charge on any atom is 0.229 e. The molecule has 2 amide bonds. The normalized spacial score (nSPS) is 19.4. The quantitative estimate of drug-likeness (QED) is 0.500. The van der Waals surface area contributed by atoms with Crippen molar-refractivity contribution in [3.63, 3.8) is 0 Å². The molecule has 1 heterocycles. The fourth-order valence-corrected chi connectivity index (χ4v) is 1.34. The van der Waals surface area contributed by atoms with Crippen LogP contribution in [0.15, 0.2) is 12.3 Å². The number of ether oxygens (including phenoxy) is 1. The van der Waals surface area contributed by atoms with Crippen LogP contribution in [-0.2, 0) is 14.3 Å². The fraction of sp³-hybridized carbons (Fsp3) is 0.600. The Labute approximate surface area is 83.5 Å². The molecule has 0 aromatic rings. The van der Waals surface area contributed by atoms with Gasteiger partial charge < -0.3 is 4.74 Å². The van der Waals surface area contributed by atoms with Crippen molar-refractivity contribution >= 4 is 11.8 Å². The van der Waals surface area contributed by atoms with E-state index >= 15 is 0 Å². The van der Waals surface area contributed by atoms with E-state index in [4.69, 9.17) is 4.74 Å². The Morgan fingerprint density at radius 3 is 2.50 bits per heavy atom. The van der Waals surface area contributed by atoms with Gasteiger partial charge in [0.15, 0.2) is 0 Å². The van der Waals surface area contributed by atoms with Gasteiger partial charge in [-0.15, -0.1) is 0 Å². The summed E-state index contributed by atoms with van der Waals surface area (Å²) in [6, 6.07) is 0. The number of carbonyl (C=O) groups excluding carboxylic acids is 2. The van der Waals surface area contributed by atoms with Crippen LogP contribution in [0.3, 0.4) is 0 Å². The minimum atomic E-state index is -0.141. The third-order valence-electron chi connectivity index (χ3n) is 2.04. The number of rotatable bonds is 4. The standard InChI is InChI=1S/C10H15NO3/c1-3-6-14-8(2)7-11-9(12)4-5-10(11)13/h3,6,8H,4-5,7H2,1-2H3. The molecular formula is C10H15NO3. The van der Waals surface area contributed by atoms with Gasteiger partial charge in [0.05, 0.1) is 12.8 Å². The average molecular weight is 197 g/mol. The molecule has 0 N–H and O–H groups in total. The summed E-state index contributed by atoms with van der Waals surface area (Å²) in [7, 11) is 0. The van der Waals surface area contributed by atoms with E-state index in [-0.39, 0.29) is 17.9 Å². The van der Waals surface area contributed by atoms with Crippen LogP contribution in [0.25, 0.3) is 0 Å². The summed E-state index contributed by atoms with van der Waals surface area (Å²) >= 11 is 0. The van der Waals surface area contributed by atoms with E-state index in [1.807, 2.05) is 13.8 Å². The monoisotopic (exact) mass is 197 g/mol. The molecule has 1 fully saturated rings. The topological polar surface area (TPSA) is 46.6 Å². The lowest BCUT2D eigenvalue weighted by Gasteiger charge is -2.18. The Bertz CT molecular complexity index is 244. The zero-order chi connectivity index (χ0) is 10.6. The second-order valence-corrected chi connectivity index (χ2v) is 3.31. The third kappa shape index (κ3) is 2.58. The molecule has 0 saturated carbocycles. The smallest absolute Gasteiger partial charge is 0.229 e. The number of imide groups is 1. The molecule has 0 aromatic heterocycles. The molecule has 4 heteroatoms. The van der Waals surface area contributed by atoms with Crippen molar-refractivity contribution in [1.29, 1.82) is 0 Å². The first kappa shape index (κ1) is 10.8. The number of amides is 2. The number of hydrogen-bond acceptors (Lipinski definition) is 3. The Morgan fingerprint density at radius 1 is 1.43 bits per heavy atom. The van der Waals surface area contributed by atoms with Gasteiger partial charge in [0.1, 0.15) is 6.10 Å². The van der Waals surface area contributed by atoms with Crippen LogP contribution >= 0.6 is 0 Å². The van der Waals surface area contributed by atoms with Crippen LogP contribution in [0.5, 0.6) is 0 Å². The Kier molecular flexibility index (Phi) is 3.68. The molecule has 1 saturated heterocycles. The van der Waals surface area contributed by atoms with E-state index in [9.17, 15) is 9.59 Å². The first-order valence-electron chi connectivity index (χ1n) is 4.75. The van der Waals surface area contributed by atoms with Crippen LogP contribution in [0.1, 0.15) is 26.7 Å². The average Bonchev–Trinajstić information content (AvgIpc) is 2.46. The first-order chi connectivity index (χ1) is 6.65. The minimum Gasteiger partial charge on any atom is -0.497 e. The number of likely N-dealkylation sites (tertiary alicyclic amines) is 1. The number of nitrogens with zero attached hydrogens (tertiary/aromatic N) is 1. The highest BCUT2D eigenvalue weighted by molar-refractivity contribution is 6.01. The van der Waals surface area contributed by atoms with E-state index < -0.39 is 0 Å². The molecule has 4 nitrogen and oxygen atoms in total. The maximum absolute atomic E-state index is 11.2. The van der Waals surface area contributed by atoms with E-state index in [1.54, 1.807) is 12.3 Å². The summed E-state index contributed by atoms with van der Waals surface area (Å²) in [4.78, 5) is 23.7. The summed E-state index contributed by atoms with van der Waals surface area (Å²) in [5, 5.41) is 0. The summed E-state index contributed by atoms with van der Waals surface area (Å²) in [6.45, 7) is 4.03. The van der Waals surface area contributed by atoms with Crippen LogP contribution in [0, 0.1) is 0 Å². The lowest BCUT2D eigenvalue weighted by atomic mass is 10.3. The molecule has 14 heavy (non-hydrogen) atoms. The van der Waals surface area contributed by atoms with Gasteiger partial charge in [-0.05, 0) is 13.8 Å². The van der Waals surface area contributed by atoms with Crippen LogP contribution in [0.2, 0.25) is 0 Å². The zero-order valence-electron chi connectivity index (χ0n) is 8.53. The van der Waals surface area contributed by atoms with Crippen molar-refractivity contribution < 1.29 is 14.3 Å². The van der Waals surface area contributed by atoms with E-state index in [2.05, 4.69) is 0 Å². The molecule has 0 aromatic carbocycles. The molecule has 1 unspecified atom stereocenters. The van der Waals surface area contributed by atoms with Crippen LogP contribution < -0.4 is 0 Å². The molecule has 1 aliphatic heterocycles. The number of carbonyl (C=O) groups is 2. The first-order valence-corrected chi connectivity index (χ1v) is 4.75. The summed E-state index contributed by atoms with van der Waals surface area (Å²) < 4.78 is 5.22. The molecule has 1 aliphatic rings. The molecular weight excluding hydrogens is 182 g/mol. The predicted octanol–water partition coefficient (Wildman–Crippen LogP) is 1.07. The zero-order valence-corrected chi connectivity index (χ0v) is 8.53. The molecule has 1 rings (SSSR count). The van der Waals surface area contributed by atoms with Crippen molar-refractivity contribution in [2.75, 3.05) is 6.54 Å². The minimum absolute atomic E-state index is 0.0917. The van der Waals surface area contributed by atoms with Crippen molar-refractivity contribution in [2.45, 2.75) is 32.8 Å². The highest BCUT2D eigenvalue weighted by atomic mass is 16.5. The largest absolute Gasteiger partial charge is 0.497 e. The summed E-state index contributed by atoms with van der Waals surface area (Å²) in [5.41, 5.74) is 0.